The van der Waals surface area contributed by atoms with E-state index in [1.807, 2.05) is 0 Å². The van der Waals surface area contributed by atoms with Gasteiger partial charge in [-0.15, -0.1) is 0 Å². The summed E-state index contributed by atoms with van der Waals surface area (Å²) in [6.45, 7) is 3.49. The molecule has 0 spiro atoms. The number of carbonyl (C=O) groups excluding carboxylic acids is 1. The first-order valence-electron chi connectivity index (χ1n) is 12.5. The summed E-state index contributed by atoms with van der Waals surface area (Å²) in [5.41, 5.74) is -0.0152. The summed E-state index contributed by atoms with van der Waals surface area (Å²) in [5, 5.41) is 7.08. The number of hydrogen-bond donors (Lipinski definition) is 1. The van der Waals surface area contributed by atoms with Gasteiger partial charge < -0.3 is 10.1 Å². The molecule has 5 aromatic rings. The zero-order valence-corrected chi connectivity index (χ0v) is 23.0. The van der Waals surface area contributed by atoms with Crippen molar-refractivity contribution in [3.05, 3.63) is 117 Å². The van der Waals surface area contributed by atoms with Crippen LogP contribution in [0, 0.1) is 5.82 Å². The van der Waals surface area contributed by atoms with E-state index in [2.05, 4.69) is 15.4 Å². The summed E-state index contributed by atoms with van der Waals surface area (Å²) in [4.78, 5) is 43.8. The van der Waals surface area contributed by atoms with Crippen LogP contribution in [0.2, 0.25) is 5.02 Å². The van der Waals surface area contributed by atoms with Gasteiger partial charge in [0, 0.05) is 60.1 Å². The van der Waals surface area contributed by atoms with Gasteiger partial charge >= 0.3 is 5.69 Å². The van der Waals surface area contributed by atoms with Crippen molar-refractivity contribution in [3.8, 4) is 28.4 Å². The van der Waals surface area contributed by atoms with Gasteiger partial charge in [-0.2, -0.15) is 5.10 Å². The first-order valence-corrected chi connectivity index (χ1v) is 12.9. The third-order valence-corrected chi connectivity index (χ3v) is 6.40. The Kier molecular flexibility index (Phi) is 7.54. The topological polar surface area (TPSA) is 113 Å². The number of aromatic nitrogens is 5. The second kappa shape index (κ2) is 11.2. The van der Waals surface area contributed by atoms with E-state index in [-0.39, 0.29) is 28.7 Å². The van der Waals surface area contributed by atoms with Crippen molar-refractivity contribution < 1.29 is 13.9 Å². The van der Waals surface area contributed by atoms with E-state index in [4.69, 9.17) is 16.3 Å². The molecule has 0 aliphatic heterocycles. The Morgan fingerprint density at radius 1 is 1.05 bits per heavy atom. The molecule has 3 aromatic heterocycles. The lowest BCUT2D eigenvalue weighted by atomic mass is 10.2. The average molecular weight is 575 g/mol. The normalized spacial score (nSPS) is 11.1. The molecular formula is C29H24ClFN6O4. The number of rotatable bonds is 7. The predicted molar refractivity (Wildman–Crippen MR) is 153 cm³/mol. The van der Waals surface area contributed by atoms with Gasteiger partial charge in [-0.25, -0.2) is 13.8 Å². The Hall–Kier alpha value is -5.03. The lowest BCUT2D eigenvalue weighted by Gasteiger charge is -2.16. The molecule has 0 atom stereocenters. The third kappa shape index (κ3) is 5.80. The number of anilines is 1. The minimum Gasteiger partial charge on any atom is -0.454 e. The van der Waals surface area contributed by atoms with Crippen molar-refractivity contribution in [1.29, 1.82) is 0 Å². The van der Waals surface area contributed by atoms with Crippen LogP contribution >= 0.6 is 11.6 Å². The Balaban J connectivity index is 1.41. The number of hydrogen-bond acceptors (Lipinski definition) is 6. The molecule has 0 unspecified atom stereocenters. The molecule has 10 nitrogen and oxygen atoms in total. The Morgan fingerprint density at radius 3 is 2.46 bits per heavy atom. The summed E-state index contributed by atoms with van der Waals surface area (Å²) < 4.78 is 24.5. The van der Waals surface area contributed by atoms with Crippen LogP contribution in [0.3, 0.4) is 0 Å². The van der Waals surface area contributed by atoms with Gasteiger partial charge in [0.15, 0.2) is 11.6 Å². The quantitative estimate of drug-likeness (QED) is 0.285. The molecule has 0 aliphatic rings. The van der Waals surface area contributed by atoms with Gasteiger partial charge in [-0.05, 0) is 56.3 Å². The molecule has 0 fully saturated rings. The van der Waals surface area contributed by atoms with E-state index in [1.165, 1.54) is 53.4 Å². The molecule has 12 heteroatoms. The van der Waals surface area contributed by atoms with Crippen LogP contribution < -0.4 is 21.3 Å². The highest BCUT2D eigenvalue weighted by Crippen LogP contribution is 2.29. The second-order valence-corrected chi connectivity index (χ2v) is 9.86. The van der Waals surface area contributed by atoms with Crippen molar-refractivity contribution in [2.24, 2.45) is 7.05 Å². The van der Waals surface area contributed by atoms with E-state index < -0.39 is 23.0 Å². The van der Waals surface area contributed by atoms with E-state index in [1.54, 1.807) is 50.1 Å². The van der Waals surface area contributed by atoms with Crippen LogP contribution in [-0.2, 0) is 7.05 Å². The number of aryl methyl sites for hydroxylation is 1. The number of amides is 1. The summed E-state index contributed by atoms with van der Waals surface area (Å²) >= 11 is 5.95. The molecule has 3 heterocycles. The molecule has 5 rings (SSSR count). The van der Waals surface area contributed by atoms with Crippen molar-refractivity contribution in [1.82, 2.24) is 23.9 Å². The van der Waals surface area contributed by atoms with Gasteiger partial charge in [0.1, 0.15) is 11.3 Å². The maximum Gasteiger partial charge on any atom is 0.335 e. The molecule has 1 N–H and O–H groups in total. The van der Waals surface area contributed by atoms with Gasteiger partial charge in [0.2, 0.25) is 0 Å². The van der Waals surface area contributed by atoms with Crippen LogP contribution in [0.15, 0.2) is 89.0 Å². The SMILES string of the molecule is CC(C)n1cc(C(=O)Nc2ccc(Oc3ccnc(-c4cnn(C)c4)c3)c(F)c2)c(=O)n(-c2ccc(Cl)cc2)c1=O. The molecule has 0 saturated carbocycles. The first-order chi connectivity index (χ1) is 19.6. The number of nitrogens with zero attached hydrogens (tertiary/aromatic N) is 5. The van der Waals surface area contributed by atoms with Gasteiger partial charge in [0.05, 0.1) is 17.6 Å². The molecule has 2 aromatic carbocycles. The summed E-state index contributed by atoms with van der Waals surface area (Å²) in [7, 11) is 1.79. The van der Waals surface area contributed by atoms with E-state index in [0.29, 0.717) is 16.5 Å². The lowest BCUT2D eigenvalue weighted by molar-refractivity contribution is 0.102. The standard InChI is InChI=1S/C29H24ClFN6O4/c1-17(2)36-16-23(28(39)37(29(36)40)21-7-4-19(30)5-8-21)27(38)34-20-6-9-26(24(31)12-20)41-22-10-11-32-25(13-22)18-14-33-35(3)15-18/h4-17H,1-3H3,(H,34,38). The molecule has 208 valence electrons. The fourth-order valence-electron chi connectivity index (χ4n) is 4.09. The fraction of sp³-hybridized carbons (Fsp3) is 0.138. The average Bonchev–Trinajstić information content (AvgIpc) is 3.37. The maximum atomic E-state index is 15.0. The highest BCUT2D eigenvalue weighted by Gasteiger charge is 2.20. The number of carbonyl (C=O) groups is 1. The van der Waals surface area contributed by atoms with Crippen molar-refractivity contribution in [2.75, 3.05) is 5.32 Å². The van der Waals surface area contributed by atoms with Gasteiger partial charge in [-0.1, -0.05) is 11.6 Å². The smallest absolute Gasteiger partial charge is 0.335 e. The minimum absolute atomic E-state index is 0.0789. The van der Waals surface area contributed by atoms with Crippen molar-refractivity contribution >= 4 is 23.2 Å². The third-order valence-electron chi connectivity index (χ3n) is 6.15. The van der Waals surface area contributed by atoms with Crippen LogP contribution in [0.25, 0.3) is 16.9 Å². The monoisotopic (exact) mass is 574 g/mol. The fourth-order valence-corrected chi connectivity index (χ4v) is 4.21. The summed E-state index contributed by atoms with van der Waals surface area (Å²) in [5.74, 6) is -1.28. The zero-order valence-electron chi connectivity index (χ0n) is 22.2. The highest BCUT2D eigenvalue weighted by molar-refractivity contribution is 6.30. The largest absolute Gasteiger partial charge is 0.454 e. The number of ether oxygens (including phenoxy) is 1. The molecule has 0 aliphatic carbocycles. The predicted octanol–water partition coefficient (Wildman–Crippen LogP) is 5.21. The van der Waals surface area contributed by atoms with Crippen LogP contribution in [0.1, 0.15) is 30.2 Å². The Bertz CT molecular complexity index is 1880. The molecule has 1 amide bonds. The molecule has 41 heavy (non-hydrogen) atoms. The van der Waals surface area contributed by atoms with Crippen LogP contribution in [0.5, 0.6) is 11.5 Å². The van der Waals surface area contributed by atoms with E-state index in [0.717, 1.165) is 16.2 Å². The number of pyridine rings is 1. The van der Waals surface area contributed by atoms with Crippen LogP contribution in [0.4, 0.5) is 10.1 Å². The minimum atomic E-state index is -0.825. The van der Waals surface area contributed by atoms with Crippen molar-refractivity contribution in [2.45, 2.75) is 19.9 Å². The molecular weight excluding hydrogens is 551 g/mol. The number of nitrogens with one attached hydrogen (secondary N) is 1. The second-order valence-electron chi connectivity index (χ2n) is 9.42. The summed E-state index contributed by atoms with van der Waals surface area (Å²) in [6.07, 6.45) is 6.19. The van der Waals surface area contributed by atoms with E-state index in [9.17, 15) is 14.4 Å². The van der Waals surface area contributed by atoms with Gasteiger partial charge in [0.25, 0.3) is 11.5 Å². The first kappa shape index (κ1) is 27.5. The van der Waals surface area contributed by atoms with Crippen molar-refractivity contribution in [3.63, 3.8) is 0 Å². The summed E-state index contributed by atoms with van der Waals surface area (Å²) in [6, 6.07) is 12.8. The highest BCUT2D eigenvalue weighted by atomic mass is 35.5. The van der Waals surface area contributed by atoms with Crippen LogP contribution in [-0.4, -0.2) is 29.8 Å². The van der Waals surface area contributed by atoms with E-state index >= 15 is 4.39 Å². The number of halogens is 2. The molecule has 0 bridgehead atoms. The lowest BCUT2D eigenvalue weighted by Crippen LogP contribution is -2.42. The Labute approximate surface area is 238 Å². The molecule has 0 saturated heterocycles. The van der Waals surface area contributed by atoms with Gasteiger partial charge in [-0.3, -0.25) is 23.8 Å². The number of benzene rings is 2. The zero-order chi connectivity index (χ0) is 29.3. The Morgan fingerprint density at radius 2 is 1.80 bits per heavy atom. The maximum absolute atomic E-state index is 15.0. The molecule has 0 radical (unpaired) electrons.